The fraction of sp³-hybridized carbons (Fsp3) is 0.795. The summed E-state index contributed by atoms with van der Waals surface area (Å²) in [7, 11) is 0. The van der Waals surface area contributed by atoms with Gasteiger partial charge in [0.25, 0.3) is 0 Å². The molecule has 7 aliphatic rings. The van der Waals surface area contributed by atoms with E-state index in [9.17, 15) is 10.2 Å². The molecule has 2 aliphatic heterocycles. The van der Waals surface area contributed by atoms with Crippen molar-refractivity contribution < 1.29 is 39.2 Å². The number of benzene rings is 1. The van der Waals surface area contributed by atoms with Crippen molar-refractivity contribution >= 4 is 11.8 Å². The Labute approximate surface area is 290 Å². The SMILES string of the molecule is CSc1ccc2c(c1)C[C@]13CCC4(C[C@]1(O)CC[C@@H]1C3C2C[C@@]2(C)[C@H]1CC[C@@]2(O)/C=C\COC1CCCCO1)OOCC(C)(C)COO4. The number of fused-ring (bicyclic) bond motifs is 4. The van der Waals surface area contributed by atoms with E-state index in [-0.39, 0.29) is 28.5 Å². The summed E-state index contributed by atoms with van der Waals surface area (Å²) in [4.78, 5) is 25.0. The molecule has 2 spiro atoms. The minimum atomic E-state index is -1.13. The first-order valence-corrected chi connectivity index (χ1v) is 19.8. The highest BCUT2D eigenvalue weighted by atomic mass is 32.2. The maximum absolute atomic E-state index is 13.1. The molecule has 266 valence electrons. The van der Waals surface area contributed by atoms with Gasteiger partial charge in [-0.25, -0.2) is 9.78 Å². The summed E-state index contributed by atoms with van der Waals surface area (Å²) in [5.41, 5.74) is 0.0300. The van der Waals surface area contributed by atoms with E-state index >= 15 is 0 Å². The fourth-order valence-electron chi connectivity index (χ4n) is 11.8. The monoisotopic (exact) mass is 684 g/mol. The van der Waals surface area contributed by atoms with Gasteiger partial charge in [-0.2, -0.15) is 9.78 Å². The number of rotatable bonds is 5. The lowest BCUT2D eigenvalue weighted by molar-refractivity contribution is -0.547. The molecule has 4 saturated carbocycles. The molecule has 3 unspecified atom stereocenters. The van der Waals surface area contributed by atoms with Gasteiger partial charge in [0.2, 0.25) is 5.79 Å². The number of ether oxygens (including phenoxy) is 2. The third-order valence-electron chi connectivity index (χ3n) is 14.2. The molecular formula is C39H56O8S. The van der Waals surface area contributed by atoms with Crippen LogP contribution in [0.3, 0.4) is 0 Å². The number of hydrogen-bond donors (Lipinski definition) is 2. The van der Waals surface area contributed by atoms with E-state index < -0.39 is 17.0 Å². The Bertz CT molecular complexity index is 1380. The second-order valence-electron chi connectivity index (χ2n) is 17.4. The van der Waals surface area contributed by atoms with Gasteiger partial charge in [-0.1, -0.05) is 39.0 Å². The topological polar surface area (TPSA) is 95.8 Å². The highest BCUT2D eigenvalue weighted by Gasteiger charge is 2.73. The van der Waals surface area contributed by atoms with Gasteiger partial charge < -0.3 is 19.7 Å². The van der Waals surface area contributed by atoms with Crippen molar-refractivity contribution in [1.29, 1.82) is 0 Å². The van der Waals surface area contributed by atoms with Gasteiger partial charge in [0.15, 0.2) is 6.29 Å². The minimum Gasteiger partial charge on any atom is -0.389 e. The van der Waals surface area contributed by atoms with Gasteiger partial charge in [-0.05, 0) is 117 Å². The molecule has 2 saturated heterocycles. The fourth-order valence-corrected chi connectivity index (χ4v) is 12.2. The molecule has 9 heteroatoms. The Hall–Kier alpha value is -1.01. The van der Waals surface area contributed by atoms with Crippen LogP contribution >= 0.6 is 11.8 Å². The Morgan fingerprint density at radius 2 is 1.79 bits per heavy atom. The van der Waals surface area contributed by atoms with Crippen molar-refractivity contribution in [3.8, 4) is 0 Å². The Balaban J connectivity index is 1.12. The van der Waals surface area contributed by atoms with Crippen molar-refractivity contribution in [1.82, 2.24) is 0 Å². The quantitative estimate of drug-likeness (QED) is 0.189. The van der Waals surface area contributed by atoms with Gasteiger partial charge in [0.05, 0.1) is 31.0 Å². The average molecular weight is 685 g/mol. The summed E-state index contributed by atoms with van der Waals surface area (Å²) in [6.45, 7) is 8.49. The molecule has 8 rings (SSSR count). The second kappa shape index (κ2) is 12.3. The smallest absolute Gasteiger partial charge is 0.236 e. The lowest BCUT2D eigenvalue weighted by atomic mass is 9.36. The van der Waals surface area contributed by atoms with E-state index in [1.54, 1.807) is 11.8 Å². The van der Waals surface area contributed by atoms with E-state index in [0.29, 0.717) is 56.8 Å². The summed E-state index contributed by atoms with van der Waals surface area (Å²) in [5.74, 6) is 0.217. The highest BCUT2D eigenvalue weighted by Crippen LogP contribution is 2.75. The molecule has 1 aromatic rings. The first-order valence-electron chi connectivity index (χ1n) is 18.6. The van der Waals surface area contributed by atoms with Crippen molar-refractivity contribution in [2.75, 3.05) is 32.7 Å². The van der Waals surface area contributed by atoms with Crippen molar-refractivity contribution in [3.63, 3.8) is 0 Å². The number of hydrogen-bond acceptors (Lipinski definition) is 9. The zero-order valence-corrected chi connectivity index (χ0v) is 30.2. The zero-order chi connectivity index (χ0) is 33.4. The second-order valence-corrected chi connectivity index (χ2v) is 18.3. The van der Waals surface area contributed by atoms with Crippen LogP contribution in [0.2, 0.25) is 0 Å². The summed E-state index contributed by atoms with van der Waals surface area (Å²) in [6, 6.07) is 7.01. The molecule has 5 aliphatic carbocycles. The van der Waals surface area contributed by atoms with Crippen LogP contribution in [0.1, 0.15) is 108 Å². The maximum atomic E-state index is 13.1. The van der Waals surface area contributed by atoms with Gasteiger partial charge in [-0.3, -0.25) is 0 Å². The standard InChI is InChI=1S/C39H56O8S/c1-34(2)24-44-46-39(47-45-25-34)17-16-36-21-26-20-27(48-4)9-10-28(26)30-22-35(3)31(29(33(30)36)11-14-38(36,41)23-39)12-15-37(35,40)13-7-19-43-32-8-5-6-18-42-32/h7,9-10,13,20,29-33,40-41H,5-6,8,11-12,14-19,21-25H2,1-4H3/b13-7-/t29-,30?,31-,32?,33?,35-,36-,37-,38+/m0/s1. The first-order chi connectivity index (χ1) is 22.9. The minimum absolute atomic E-state index is 0.139. The summed E-state index contributed by atoms with van der Waals surface area (Å²) in [5, 5.41) is 25.6. The summed E-state index contributed by atoms with van der Waals surface area (Å²) >= 11 is 1.77. The normalized spacial score (nSPS) is 44.7. The van der Waals surface area contributed by atoms with Gasteiger partial charge >= 0.3 is 0 Å². The van der Waals surface area contributed by atoms with Crippen molar-refractivity contribution in [2.45, 2.75) is 132 Å². The maximum Gasteiger partial charge on any atom is 0.236 e. The molecule has 0 radical (unpaired) electrons. The molecule has 8 nitrogen and oxygen atoms in total. The third kappa shape index (κ3) is 5.40. The zero-order valence-electron chi connectivity index (χ0n) is 29.3. The molecule has 0 bridgehead atoms. The molecule has 48 heavy (non-hydrogen) atoms. The summed E-state index contributed by atoms with van der Waals surface area (Å²) < 4.78 is 11.8. The van der Waals surface area contributed by atoms with Crippen LogP contribution in [0.5, 0.6) is 0 Å². The third-order valence-corrected chi connectivity index (χ3v) is 14.9. The Morgan fingerprint density at radius 1 is 0.979 bits per heavy atom. The molecular weight excluding hydrogens is 628 g/mol. The largest absolute Gasteiger partial charge is 0.389 e. The molecule has 1 aromatic carbocycles. The van der Waals surface area contributed by atoms with Gasteiger partial charge in [-0.15, -0.1) is 11.8 Å². The van der Waals surface area contributed by atoms with Crippen LogP contribution in [-0.4, -0.2) is 66.2 Å². The molecule has 6 fully saturated rings. The van der Waals surface area contributed by atoms with Gasteiger partial charge in [0, 0.05) is 40.6 Å². The molecule has 0 amide bonds. The van der Waals surface area contributed by atoms with Crippen LogP contribution < -0.4 is 0 Å². The van der Waals surface area contributed by atoms with E-state index in [1.807, 2.05) is 6.08 Å². The predicted molar refractivity (Wildman–Crippen MR) is 182 cm³/mol. The summed E-state index contributed by atoms with van der Waals surface area (Å²) in [6.07, 6.45) is 16.1. The van der Waals surface area contributed by atoms with E-state index in [1.165, 1.54) is 16.0 Å². The van der Waals surface area contributed by atoms with E-state index in [0.717, 1.165) is 64.4 Å². The van der Waals surface area contributed by atoms with Crippen LogP contribution in [0.25, 0.3) is 0 Å². The van der Waals surface area contributed by atoms with Gasteiger partial charge in [0.1, 0.15) is 0 Å². The lowest BCUT2D eigenvalue weighted by Crippen LogP contribution is -2.70. The van der Waals surface area contributed by atoms with Crippen LogP contribution in [-0.2, 0) is 35.4 Å². The molecule has 0 aromatic heterocycles. The molecule has 2 heterocycles. The predicted octanol–water partition coefficient (Wildman–Crippen LogP) is 7.26. The van der Waals surface area contributed by atoms with E-state index in [2.05, 4.69) is 51.3 Å². The van der Waals surface area contributed by atoms with Crippen molar-refractivity contribution in [2.24, 2.45) is 34.0 Å². The van der Waals surface area contributed by atoms with Crippen LogP contribution in [0.4, 0.5) is 0 Å². The Kier molecular flexibility index (Phi) is 8.74. The van der Waals surface area contributed by atoms with Crippen LogP contribution in [0.15, 0.2) is 35.2 Å². The first kappa shape index (κ1) is 34.1. The van der Waals surface area contributed by atoms with E-state index in [4.69, 9.17) is 29.0 Å². The highest BCUT2D eigenvalue weighted by molar-refractivity contribution is 7.98. The Morgan fingerprint density at radius 3 is 2.54 bits per heavy atom. The van der Waals surface area contributed by atoms with Crippen LogP contribution in [0, 0.1) is 34.0 Å². The lowest BCUT2D eigenvalue weighted by Gasteiger charge is -2.70. The number of thioether (sulfide) groups is 1. The average Bonchev–Trinajstić information content (AvgIpc) is 3.32. The van der Waals surface area contributed by atoms with Crippen molar-refractivity contribution in [3.05, 3.63) is 41.5 Å². The number of aliphatic hydroxyl groups is 2. The molecule has 9 atom stereocenters. The molecule has 2 N–H and O–H groups in total.